The van der Waals surface area contributed by atoms with E-state index in [4.69, 9.17) is 19.7 Å². The van der Waals surface area contributed by atoms with E-state index in [-0.39, 0.29) is 18.3 Å². The van der Waals surface area contributed by atoms with E-state index in [1.165, 1.54) is 0 Å². The molecule has 0 bridgehead atoms. The summed E-state index contributed by atoms with van der Waals surface area (Å²) in [5.41, 5.74) is 0. The first-order valence-corrected chi connectivity index (χ1v) is 4.41. The highest BCUT2D eigenvalue weighted by Crippen LogP contribution is 2.25. The number of rotatable bonds is 1. The van der Waals surface area contributed by atoms with Crippen LogP contribution in [0.25, 0.3) is 0 Å². The lowest BCUT2D eigenvalue weighted by atomic mass is 10.1. The van der Waals surface area contributed by atoms with Crippen LogP contribution in [0.4, 0.5) is 0 Å². The summed E-state index contributed by atoms with van der Waals surface area (Å²) in [6.07, 6.45) is 1.56. The van der Waals surface area contributed by atoms with Crippen molar-refractivity contribution in [3.8, 4) is 0 Å². The van der Waals surface area contributed by atoms with E-state index >= 15 is 0 Å². The fraction of sp³-hybridized carbons (Fsp3) is 0.667. The van der Waals surface area contributed by atoms with Crippen LogP contribution in [0.1, 0.15) is 6.42 Å². The van der Waals surface area contributed by atoms with Crippen LogP contribution < -0.4 is 0 Å². The first-order chi connectivity index (χ1) is 6.65. The van der Waals surface area contributed by atoms with Crippen molar-refractivity contribution in [1.82, 2.24) is 0 Å². The molecule has 14 heavy (non-hydrogen) atoms. The molecule has 0 amide bonds. The molecule has 0 aromatic carbocycles. The van der Waals surface area contributed by atoms with Crippen LogP contribution >= 0.6 is 0 Å². The summed E-state index contributed by atoms with van der Waals surface area (Å²) in [6, 6.07) is 0. The van der Waals surface area contributed by atoms with E-state index < -0.39 is 5.97 Å². The van der Waals surface area contributed by atoms with Crippen molar-refractivity contribution < 1.29 is 24.5 Å². The molecule has 0 aliphatic carbocycles. The Morgan fingerprint density at radius 2 is 2.14 bits per heavy atom. The molecule has 2 fully saturated rings. The van der Waals surface area contributed by atoms with Gasteiger partial charge in [0.2, 0.25) is 0 Å². The van der Waals surface area contributed by atoms with Crippen molar-refractivity contribution >= 4 is 5.97 Å². The highest BCUT2D eigenvalue weighted by Gasteiger charge is 2.40. The number of aliphatic hydroxyl groups is 1. The Labute approximate surface area is 81.9 Å². The van der Waals surface area contributed by atoms with Gasteiger partial charge in [0.25, 0.3) is 0 Å². The molecule has 0 spiro atoms. The van der Waals surface area contributed by atoms with Crippen molar-refractivity contribution in [2.45, 2.75) is 24.7 Å². The smallest absolute Gasteiger partial charge is 0.327 e. The highest BCUT2D eigenvalue weighted by molar-refractivity contribution is 5.78. The summed E-state index contributed by atoms with van der Waals surface area (Å²) in [7, 11) is 0. The fourth-order valence-corrected chi connectivity index (χ4v) is 1.45. The van der Waals surface area contributed by atoms with Crippen LogP contribution in [-0.4, -0.2) is 47.7 Å². The lowest BCUT2D eigenvalue weighted by molar-refractivity contribution is -0.131. The Kier molecular flexibility index (Phi) is 4.06. The van der Waals surface area contributed by atoms with Gasteiger partial charge in [-0.25, -0.2) is 4.79 Å². The van der Waals surface area contributed by atoms with Gasteiger partial charge in [-0.05, 0) is 6.42 Å². The largest absolute Gasteiger partial charge is 0.478 e. The van der Waals surface area contributed by atoms with Crippen LogP contribution in [0.5, 0.6) is 0 Å². The average molecular weight is 202 g/mol. The molecule has 5 nitrogen and oxygen atoms in total. The number of aliphatic carboxylic acids is 1. The van der Waals surface area contributed by atoms with Crippen LogP contribution in [0, 0.1) is 0 Å². The van der Waals surface area contributed by atoms with Gasteiger partial charge in [-0.3, -0.25) is 0 Å². The predicted molar refractivity (Wildman–Crippen MR) is 47.9 cm³/mol. The fourth-order valence-electron chi connectivity index (χ4n) is 1.45. The van der Waals surface area contributed by atoms with Gasteiger partial charge in [-0.2, -0.15) is 0 Å². The third-order valence-electron chi connectivity index (χ3n) is 2.11. The molecule has 3 atom stereocenters. The maximum atomic E-state index is 9.25. The molecule has 3 unspecified atom stereocenters. The number of carboxylic acid groups (broad SMARTS) is 1. The molecular weight excluding hydrogens is 188 g/mol. The van der Waals surface area contributed by atoms with Crippen molar-refractivity contribution in [2.24, 2.45) is 0 Å². The normalized spacial score (nSPS) is 34.2. The lowest BCUT2D eigenvalue weighted by Crippen LogP contribution is -2.26. The monoisotopic (exact) mass is 202 g/mol. The molecule has 2 N–H and O–H groups in total. The van der Waals surface area contributed by atoms with E-state index in [1.807, 2.05) is 0 Å². The van der Waals surface area contributed by atoms with Crippen LogP contribution in [-0.2, 0) is 14.3 Å². The van der Waals surface area contributed by atoms with Gasteiger partial charge >= 0.3 is 5.97 Å². The van der Waals surface area contributed by atoms with E-state index in [2.05, 4.69) is 6.58 Å². The second kappa shape index (κ2) is 5.09. The minimum atomic E-state index is -0.981. The number of carboxylic acids is 1. The molecule has 80 valence electrons. The van der Waals surface area contributed by atoms with Gasteiger partial charge in [0.05, 0.1) is 12.7 Å². The minimum Gasteiger partial charge on any atom is -0.478 e. The first-order valence-electron chi connectivity index (χ1n) is 4.41. The van der Waals surface area contributed by atoms with E-state index in [1.54, 1.807) is 0 Å². The number of ether oxygens (including phenoxy) is 2. The zero-order chi connectivity index (χ0) is 10.6. The Hall–Kier alpha value is -0.910. The topological polar surface area (TPSA) is 76.0 Å². The summed E-state index contributed by atoms with van der Waals surface area (Å²) in [6.45, 7) is 4.16. The number of hydrogen-bond acceptors (Lipinski definition) is 4. The highest BCUT2D eigenvalue weighted by atomic mass is 16.6. The third kappa shape index (κ3) is 2.80. The third-order valence-corrected chi connectivity index (χ3v) is 2.11. The maximum Gasteiger partial charge on any atom is 0.327 e. The minimum absolute atomic E-state index is 0.0231. The summed E-state index contributed by atoms with van der Waals surface area (Å²) < 4.78 is 10.4. The maximum absolute atomic E-state index is 9.25. The molecule has 5 heteroatoms. The number of aliphatic hydroxyl groups excluding tert-OH is 1. The summed E-state index contributed by atoms with van der Waals surface area (Å²) in [4.78, 5) is 9.25. The second-order valence-electron chi connectivity index (χ2n) is 3.11. The zero-order valence-corrected chi connectivity index (χ0v) is 7.76. The molecule has 0 aromatic heterocycles. The Morgan fingerprint density at radius 3 is 2.64 bits per heavy atom. The molecule has 2 saturated heterocycles. The lowest BCUT2D eigenvalue weighted by Gasteiger charge is -2.08. The average Bonchev–Trinajstić information content (AvgIpc) is 2.72. The Morgan fingerprint density at radius 1 is 1.50 bits per heavy atom. The van der Waals surface area contributed by atoms with E-state index in [9.17, 15) is 4.79 Å². The molecule has 2 heterocycles. The predicted octanol–water partition coefficient (Wildman–Crippen LogP) is -0.208. The Bertz CT molecular complexity index is 215. The van der Waals surface area contributed by atoms with Crippen LogP contribution in [0.3, 0.4) is 0 Å². The van der Waals surface area contributed by atoms with E-state index in [0.29, 0.717) is 6.61 Å². The molecule has 0 aromatic rings. The standard InChI is InChI=1S/C6H10O3.C3H4O2/c7-4-3-9-5-1-2-8-6(4)5;1-2-3(4)5/h4-7H,1-3H2;2H,1H2,(H,4,5). The summed E-state index contributed by atoms with van der Waals surface area (Å²) in [5, 5.41) is 16.8. The molecule has 0 radical (unpaired) electrons. The van der Waals surface area contributed by atoms with Gasteiger partial charge in [0.15, 0.2) is 0 Å². The van der Waals surface area contributed by atoms with Gasteiger partial charge < -0.3 is 19.7 Å². The molecule has 2 aliphatic rings. The van der Waals surface area contributed by atoms with Gasteiger partial charge in [-0.1, -0.05) is 6.58 Å². The second-order valence-corrected chi connectivity index (χ2v) is 3.11. The summed E-state index contributed by atoms with van der Waals surface area (Å²) in [5.74, 6) is -0.981. The molecule has 2 rings (SSSR count). The van der Waals surface area contributed by atoms with Crippen molar-refractivity contribution in [3.63, 3.8) is 0 Å². The Balaban J connectivity index is 0.000000171. The molecule has 2 aliphatic heterocycles. The van der Waals surface area contributed by atoms with Crippen LogP contribution in [0.2, 0.25) is 0 Å². The molecular formula is C9H14O5. The van der Waals surface area contributed by atoms with E-state index in [0.717, 1.165) is 19.1 Å². The van der Waals surface area contributed by atoms with Crippen LogP contribution in [0.15, 0.2) is 12.7 Å². The summed E-state index contributed by atoms with van der Waals surface area (Å²) >= 11 is 0. The van der Waals surface area contributed by atoms with Gasteiger partial charge in [0, 0.05) is 12.7 Å². The van der Waals surface area contributed by atoms with Gasteiger partial charge in [-0.15, -0.1) is 0 Å². The zero-order valence-electron chi connectivity index (χ0n) is 7.76. The number of carbonyl (C=O) groups is 1. The quantitative estimate of drug-likeness (QED) is 0.575. The SMILES string of the molecule is C=CC(=O)O.OC1COC2CCOC12. The first kappa shape index (κ1) is 11.2. The van der Waals surface area contributed by atoms with Crippen molar-refractivity contribution in [1.29, 1.82) is 0 Å². The number of fused-ring (bicyclic) bond motifs is 1. The molecule has 0 saturated carbocycles. The van der Waals surface area contributed by atoms with Crippen molar-refractivity contribution in [2.75, 3.05) is 13.2 Å². The number of hydrogen-bond donors (Lipinski definition) is 2. The van der Waals surface area contributed by atoms with Crippen molar-refractivity contribution in [3.05, 3.63) is 12.7 Å². The van der Waals surface area contributed by atoms with Gasteiger partial charge in [0.1, 0.15) is 12.2 Å².